The number of ether oxygens (including phenoxy) is 2. The summed E-state index contributed by atoms with van der Waals surface area (Å²) in [7, 11) is 1.33. The van der Waals surface area contributed by atoms with Crippen LogP contribution in [-0.2, 0) is 25.6 Å². The molecule has 7 nitrogen and oxygen atoms in total. The predicted molar refractivity (Wildman–Crippen MR) is 145 cm³/mol. The standard InChI is InChI=1S/C29H28BrN3O4/c1-19-25(28(34)36-3)27(23-7-4-8-24(30)16-23)26(20(2)32-19)29(35)37-15-5-6-21-9-11-22(12-10-21)17-33-14-13-31-18-33/h4-14,16,18,27,32H,15,17H2,1-3H3. The number of halogens is 1. The highest BCUT2D eigenvalue weighted by atomic mass is 79.9. The zero-order valence-corrected chi connectivity index (χ0v) is 22.5. The lowest BCUT2D eigenvalue weighted by Gasteiger charge is -2.30. The third-order valence-electron chi connectivity index (χ3n) is 6.09. The number of benzene rings is 2. The van der Waals surface area contributed by atoms with Crippen molar-refractivity contribution in [3.8, 4) is 0 Å². The second kappa shape index (κ2) is 11.9. The first-order chi connectivity index (χ1) is 17.9. The van der Waals surface area contributed by atoms with Gasteiger partial charge in [0.05, 0.1) is 30.5 Å². The Morgan fingerprint density at radius 3 is 2.46 bits per heavy atom. The quantitative estimate of drug-likeness (QED) is 0.373. The molecule has 4 rings (SSSR count). The van der Waals surface area contributed by atoms with Crippen molar-refractivity contribution in [2.75, 3.05) is 13.7 Å². The summed E-state index contributed by atoms with van der Waals surface area (Å²) in [6.07, 6.45) is 9.17. The molecule has 0 aliphatic carbocycles. The Balaban J connectivity index is 1.47. The van der Waals surface area contributed by atoms with E-state index in [1.807, 2.05) is 53.2 Å². The van der Waals surface area contributed by atoms with Gasteiger partial charge in [-0.1, -0.05) is 58.4 Å². The Hall–Kier alpha value is -3.91. The first kappa shape index (κ1) is 26.2. The summed E-state index contributed by atoms with van der Waals surface area (Å²) in [5.41, 5.74) is 4.98. The van der Waals surface area contributed by atoms with E-state index in [0.29, 0.717) is 22.5 Å². The molecule has 1 aliphatic rings. The normalized spacial score (nSPS) is 15.6. The predicted octanol–water partition coefficient (Wildman–Crippen LogP) is 5.36. The average Bonchev–Trinajstić information content (AvgIpc) is 3.39. The maximum Gasteiger partial charge on any atom is 0.337 e. The molecule has 37 heavy (non-hydrogen) atoms. The van der Waals surface area contributed by atoms with Gasteiger partial charge in [0, 0.05) is 34.8 Å². The Kier molecular flexibility index (Phi) is 8.40. The molecule has 0 bridgehead atoms. The van der Waals surface area contributed by atoms with Gasteiger partial charge in [-0.25, -0.2) is 14.6 Å². The van der Waals surface area contributed by atoms with Crippen LogP contribution in [0.2, 0.25) is 0 Å². The number of esters is 2. The fourth-order valence-corrected chi connectivity index (χ4v) is 4.79. The van der Waals surface area contributed by atoms with Crippen LogP contribution in [0.25, 0.3) is 6.08 Å². The highest BCUT2D eigenvalue weighted by molar-refractivity contribution is 9.10. The largest absolute Gasteiger partial charge is 0.466 e. The fraction of sp³-hybridized carbons (Fsp3) is 0.207. The number of carbonyl (C=O) groups excluding carboxylic acids is 2. The molecule has 2 heterocycles. The molecular weight excluding hydrogens is 534 g/mol. The van der Waals surface area contributed by atoms with Gasteiger partial charge in [-0.05, 0) is 48.7 Å². The summed E-state index contributed by atoms with van der Waals surface area (Å²) in [5.74, 6) is -1.61. The molecule has 0 saturated carbocycles. The summed E-state index contributed by atoms with van der Waals surface area (Å²) in [6.45, 7) is 4.45. The van der Waals surface area contributed by atoms with Crippen molar-refractivity contribution < 1.29 is 19.1 Å². The number of dihydropyridines is 1. The van der Waals surface area contributed by atoms with E-state index >= 15 is 0 Å². The molecule has 190 valence electrons. The molecule has 1 N–H and O–H groups in total. The van der Waals surface area contributed by atoms with E-state index < -0.39 is 17.9 Å². The molecule has 0 amide bonds. The Labute approximate surface area is 224 Å². The van der Waals surface area contributed by atoms with E-state index in [9.17, 15) is 9.59 Å². The maximum atomic E-state index is 13.3. The molecule has 0 radical (unpaired) electrons. The molecule has 8 heteroatoms. The van der Waals surface area contributed by atoms with Gasteiger partial charge in [0.1, 0.15) is 6.61 Å². The minimum Gasteiger partial charge on any atom is -0.466 e. The van der Waals surface area contributed by atoms with Crippen LogP contribution in [0.1, 0.15) is 36.5 Å². The summed E-state index contributed by atoms with van der Waals surface area (Å²) in [4.78, 5) is 30.1. The van der Waals surface area contributed by atoms with Gasteiger partial charge in [0.2, 0.25) is 0 Å². The smallest absolute Gasteiger partial charge is 0.337 e. The molecule has 1 aromatic heterocycles. The minimum absolute atomic E-state index is 0.0911. The minimum atomic E-state index is -0.620. The van der Waals surface area contributed by atoms with Crippen molar-refractivity contribution in [1.82, 2.24) is 14.9 Å². The average molecular weight is 562 g/mol. The zero-order chi connectivity index (χ0) is 26.4. The summed E-state index contributed by atoms with van der Waals surface area (Å²) >= 11 is 3.49. The molecule has 2 aromatic carbocycles. The highest BCUT2D eigenvalue weighted by Gasteiger charge is 2.37. The second-order valence-corrected chi connectivity index (χ2v) is 9.58. The van der Waals surface area contributed by atoms with Gasteiger partial charge < -0.3 is 19.4 Å². The number of methoxy groups -OCH3 is 1. The Bertz CT molecular complexity index is 1370. The van der Waals surface area contributed by atoms with Crippen LogP contribution >= 0.6 is 15.9 Å². The van der Waals surface area contributed by atoms with Crippen LogP contribution in [0.15, 0.2) is 100 Å². The molecule has 1 atom stereocenters. The fourth-order valence-electron chi connectivity index (χ4n) is 4.38. The summed E-state index contributed by atoms with van der Waals surface area (Å²) in [5, 5.41) is 3.15. The van der Waals surface area contributed by atoms with Crippen LogP contribution < -0.4 is 5.32 Å². The van der Waals surface area contributed by atoms with Crippen molar-refractivity contribution >= 4 is 33.9 Å². The van der Waals surface area contributed by atoms with Crippen LogP contribution in [0.5, 0.6) is 0 Å². The van der Waals surface area contributed by atoms with Crippen molar-refractivity contribution in [2.45, 2.75) is 26.3 Å². The molecular formula is C29H28BrN3O4. The number of imidazole rings is 1. The second-order valence-electron chi connectivity index (χ2n) is 8.66. The van der Waals surface area contributed by atoms with E-state index in [-0.39, 0.29) is 6.61 Å². The number of hydrogen-bond acceptors (Lipinski definition) is 6. The highest BCUT2D eigenvalue weighted by Crippen LogP contribution is 2.39. The van der Waals surface area contributed by atoms with Crippen molar-refractivity contribution in [3.05, 3.63) is 117 Å². The van der Waals surface area contributed by atoms with Crippen LogP contribution in [0, 0.1) is 0 Å². The maximum absolute atomic E-state index is 13.3. The SMILES string of the molecule is COC(=O)C1=C(C)NC(C)=C(C(=O)OCC=Cc2ccc(Cn3ccnc3)cc2)C1c1cccc(Br)c1. The first-order valence-electron chi connectivity index (χ1n) is 11.8. The molecule has 1 aliphatic heterocycles. The van der Waals surface area contributed by atoms with Crippen LogP contribution in [0.3, 0.4) is 0 Å². The van der Waals surface area contributed by atoms with E-state index in [1.165, 1.54) is 7.11 Å². The van der Waals surface area contributed by atoms with Gasteiger partial charge in [-0.15, -0.1) is 0 Å². The van der Waals surface area contributed by atoms with Crippen LogP contribution in [0.4, 0.5) is 0 Å². The number of aromatic nitrogens is 2. The summed E-state index contributed by atoms with van der Waals surface area (Å²) in [6, 6.07) is 15.7. The lowest BCUT2D eigenvalue weighted by atomic mass is 9.80. The van der Waals surface area contributed by atoms with E-state index in [0.717, 1.165) is 27.7 Å². The molecule has 1 unspecified atom stereocenters. The molecule has 3 aromatic rings. The summed E-state index contributed by atoms with van der Waals surface area (Å²) < 4.78 is 13.5. The topological polar surface area (TPSA) is 82.5 Å². The van der Waals surface area contributed by atoms with E-state index in [1.54, 1.807) is 32.4 Å². The van der Waals surface area contributed by atoms with Gasteiger partial charge in [-0.2, -0.15) is 0 Å². The number of nitrogens with one attached hydrogen (secondary N) is 1. The van der Waals surface area contributed by atoms with E-state index in [4.69, 9.17) is 9.47 Å². The molecule has 0 saturated heterocycles. The van der Waals surface area contributed by atoms with Gasteiger partial charge in [0.25, 0.3) is 0 Å². The Morgan fingerprint density at radius 1 is 1.08 bits per heavy atom. The monoisotopic (exact) mass is 561 g/mol. The zero-order valence-electron chi connectivity index (χ0n) is 20.9. The molecule has 0 fully saturated rings. The van der Waals surface area contributed by atoms with Crippen molar-refractivity contribution in [2.24, 2.45) is 0 Å². The van der Waals surface area contributed by atoms with Gasteiger partial charge >= 0.3 is 11.9 Å². The number of hydrogen-bond donors (Lipinski definition) is 1. The lowest BCUT2D eigenvalue weighted by Crippen LogP contribution is -2.32. The van der Waals surface area contributed by atoms with Gasteiger partial charge in [0.15, 0.2) is 0 Å². The number of carbonyl (C=O) groups is 2. The first-order valence-corrected chi connectivity index (χ1v) is 12.6. The van der Waals surface area contributed by atoms with Crippen LogP contribution in [-0.4, -0.2) is 35.2 Å². The Morgan fingerprint density at radius 2 is 1.81 bits per heavy atom. The number of nitrogens with zero attached hydrogens (tertiary/aromatic N) is 2. The number of rotatable bonds is 8. The third kappa shape index (κ3) is 6.27. The number of allylic oxidation sites excluding steroid dienone is 2. The lowest BCUT2D eigenvalue weighted by molar-refractivity contribution is -0.138. The van der Waals surface area contributed by atoms with E-state index in [2.05, 4.69) is 38.4 Å². The van der Waals surface area contributed by atoms with Gasteiger partial charge in [-0.3, -0.25) is 0 Å². The third-order valence-corrected chi connectivity index (χ3v) is 6.59. The van der Waals surface area contributed by atoms with Crippen molar-refractivity contribution in [1.29, 1.82) is 0 Å². The molecule has 0 spiro atoms. The van der Waals surface area contributed by atoms with Crippen molar-refractivity contribution in [3.63, 3.8) is 0 Å².